The van der Waals surface area contributed by atoms with E-state index in [2.05, 4.69) is 0 Å². The van der Waals surface area contributed by atoms with Crippen LogP contribution in [0.2, 0.25) is 0 Å². The Balaban J connectivity index is 3.21. The molecular weight excluding hydrogens is 229 g/mol. The van der Waals surface area contributed by atoms with Gasteiger partial charge in [0.15, 0.2) is 5.60 Å². The number of benzene rings is 1. The van der Waals surface area contributed by atoms with Gasteiger partial charge in [0.1, 0.15) is 0 Å². The van der Waals surface area contributed by atoms with Gasteiger partial charge in [0.25, 0.3) is 0 Å². The van der Waals surface area contributed by atoms with E-state index in [4.69, 9.17) is 0 Å². The zero-order chi connectivity index (χ0) is 13.1. The average Bonchev–Trinajstić information content (AvgIpc) is 2.28. The topological polar surface area (TPSA) is 20.2 Å². The molecule has 1 rings (SSSR count). The third-order valence-corrected chi connectivity index (χ3v) is 3.08. The summed E-state index contributed by atoms with van der Waals surface area (Å²) >= 11 is 0. The summed E-state index contributed by atoms with van der Waals surface area (Å²) in [4.78, 5) is 0. The quantitative estimate of drug-likeness (QED) is 0.855. The molecule has 1 aromatic carbocycles. The van der Waals surface area contributed by atoms with Gasteiger partial charge in [0.2, 0.25) is 0 Å². The molecule has 0 aromatic heterocycles. The Morgan fingerprint density at radius 1 is 1.18 bits per heavy atom. The predicted molar refractivity (Wildman–Crippen MR) is 60.5 cm³/mol. The van der Waals surface area contributed by atoms with Crippen molar-refractivity contribution in [2.45, 2.75) is 38.5 Å². The number of aliphatic hydroxyl groups is 1. The molecule has 17 heavy (non-hydrogen) atoms. The normalized spacial score (nSPS) is 17.5. The van der Waals surface area contributed by atoms with Gasteiger partial charge in [0, 0.05) is 0 Å². The average molecular weight is 246 g/mol. The lowest BCUT2D eigenvalue weighted by Crippen LogP contribution is -2.47. The standard InChI is InChI=1S/C13H17F3O/c1-3-7-10(2)12(17,13(14,15)16)11-8-5-4-6-9-11/h4-6,8-10,17H,3,7H2,1-2H3. The minimum Gasteiger partial charge on any atom is -0.376 e. The van der Waals surface area contributed by atoms with Crippen molar-refractivity contribution in [3.63, 3.8) is 0 Å². The van der Waals surface area contributed by atoms with Gasteiger partial charge in [-0.3, -0.25) is 0 Å². The van der Waals surface area contributed by atoms with Gasteiger partial charge in [-0.2, -0.15) is 13.2 Å². The summed E-state index contributed by atoms with van der Waals surface area (Å²) < 4.78 is 39.3. The van der Waals surface area contributed by atoms with Crippen molar-refractivity contribution in [1.82, 2.24) is 0 Å². The SMILES string of the molecule is CCCC(C)C(O)(c1ccccc1)C(F)(F)F. The Labute approximate surface area is 99.3 Å². The molecule has 0 saturated heterocycles. The molecule has 1 N–H and O–H groups in total. The molecule has 0 aliphatic heterocycles. The van der Waals surface area contributed by atoms with Crippen LogP contribution in [0.5, 0.6) is 0 Å². The summed E-state index contributed by atoms with van der Waals surface area (Å²) in [6, 6.07) is 7.28. The molecule has 0 saturated carbocycles. The van der Waals surface area contributed by atoms with Crippen LogP contribution in [0.25, 0.3) is 0 Å². The smallest absolute Gasteiger partial charge is 0.376 e. The third-order valence-electron chi connectivity index (χ3n) is 3.08. The second kappa shape index (κ2) is 5.08. The first kappa shape index (κ1) is 14.0. The first-order chi connectivity index (χ1) is 7.84. The summed E-state index contributed by atoms with van der Waals surface area (Å²) in [6.07, 6.45) is -3.74. The van der Waals surface area contributed by atoms with Gasteiger partial charge >= 0.3 is 6.18 Å². The van der Waals surface area contributed by atoms with Crippen molar-refractivity contribution in [1.29, 1.82) is 0 Å². The van der Waals surface area contributed by atoms with Crippen molar-refractivity contribution in [3.05, 3.63) is 35.9 Å². The molecule has 0 aliphatic rings. The highest BCUT2D eigenvalue weighted by molar-refractivity contribution is 5.25. The molecule has 0 heterocycles. The van der Waals surface area contributed by atoms with Crippen molar-refractivity contribution >= 4 is 0 Å². The van der Waals surface area contributed by atoms with Crippen LogP contribution in [0.4, 0.5) is 13.2 Å². The molecule has 0 aliphatic carbocycles. The van der Waals surface area contributed by atoms with Crippen molar-refractivity contribution in [2.75, 3.05) is 0 Å². The number of hydrogen-bond donors (Lipinski definition) is 1. The molecule has 0 radical (unpaired) electrons. The van der Waals surface area contributed by atoms with Crippen LogP contribution >= 0.6 is 0 Å². The fourth-order valence-corrected chi connectivity index (χ4v) is 2.06. The largest absolute Gasteiger partial charge is 0.421 e. The van der Waals surface area contributed by atoms with Gasteiger partial charge in [-0.05, 0) is 17.9 Å². The van der Waals surface area contributed by atoms with E-state index in [1.165, 1.54) is 31.2 Å². The van der Waals surface area contributed by atoms with Gasteiger partial charge in [0.05, 0.1) is 0 Å². The molecule has 0 fully saturated rings. The predicted octanol–water partition coefficient (Wildman–Crippen LogP) is 3.87. The molecule has 0 bridgehead atoms. The van der Waals surface area contributed by atoms with E-state index in [0.29, 0.717) is 12.8 Å². The fourth-order valence-electron chi connectivity index (χ4n) is 2.06. The Morgan fingerprint density at radius 2 is 1.71 bits per heavy atom. The van der Waals surface area contributed by atoms with Crippen LogP contribution in [0.1, 0.15) is 32.3 Å². The van der Waals surface area contributed by atoms with Crippen LogP contribution in [0.3, 0.4) is 0 Å². The lowest BCUT2D eigenvalue weighted by Gasteiger charge is -2.36. The number of rotatable bonds is 4. The number of hydrogen-bond acceptors (Lipinski definition) is 1. The molecule has 0 amide bonds. The van der Waals surface area contributed by atoms with Gasteiger partial charge in [-0.15, -0.1) is 0 Å². The third kappa shape index (κ3) is 2.63. The lowest BCUT2D eigenvalue weighted by molar-refractivity contribution is -0.285. The molecule has 4 heteroatoms. The zero-order valence-corrected chi connectivity index (χ0v) is 9.96. The van der Waals surface area contributed by atoms with Crippen molar-refractivity contribution < 1.29 is 18.3 Å². The second-order valence-electron chi connectivity index (χ2n) is 4.32. The van der Waals surface area contributed by atoms with Crippen molar-refractivity contribution in [2.24, 2.45) is 5.92 Å². The Morgan fingerprint density at radius 3 is 2.12 bits per heavy atom. The van der Waals surface area contributed by atoms with Crippen LogP contribution in [-0.2, 0) is 5.60 Å². The fraction of sp³-hybridized carbons (Fsp3) is 0.538. The van der Waals surface area contributed by atoms with Gasteiger partial charge < -0.3 is 5.11 Å². The van der Waals surface area contributed by atoms with E-state index >= 15 is 0 Å². The molecule has 1 nitrogen and oxygen atoms in total. The number of halogens is 3. The van der Waals surface area contributed by atoms with Crippen LogP contribution in [-0.4, -0.2) is 11.3 Å². The molecule has 2 atom stereocenters. The number of alkyl halides is 3. The highest BCUT2D eigenvalue weighted by Crippen LogP contribution is 2.45. The highest BCUT2D eigenvalue weighted by atomic mass is 19.4. The molecule has 1 aromatic rings. The first-order valence-corrected chi connectivity index (χ1v) is 5.68. The minimum atomic E-state index is -4.66. The Bertz CT molecular complexity index is 347. The van der Waals surface area contributed by atoms with E-state index in [0.717, 1.165) is 0 Å². The molecular formula is C13H17F3O. The maximum Gasteiger partial charge on any atom is 0.421 e. The monoisotopic (exact) mass is 246 g/mol. The maximum absolute atomic E-state index is 13.1. The van der Waals surface area contributed by atoms with Gasteiger partial charge in [-0.25, -0.2) is 0 Å². The van der Waals surface area contributed by atoms with E-state index in [9.17, 15) is 18.3 Å². The maximum atomic E-state index is 13.1. The zero-order valence-electron chi connectivity index (χ0n) is 9.96. The summed E-state index contributed by atoms with van der Waals surface area (Å²) in [5.74, 6) is -0.866. The lowest BCUT2D eigenvalue weighted by atomic mass is 9.79. The Hall–Kier alpha value is -1.03. The summed E-state index contributed by atoms with van der Waals surface area (Å²) in [5.41, 5.74) is -2.85. The second-order valence-corrected chi connectivity index (χ2v) is 4.32. The van der Waals surface area contributed by atoms with E-state index < -0.39 is 17.7 Å². The van der Waals surface area contributed by atoms with E-state index in [1.54, 1.807) is 13.0 Å². The first-order valence-electron chi connectivity index (χ1n) is 5.68. The van der Waals surface area contributed by atoms with Crippen LogP contribution in [0.15, 0.2) is 30.3 Å². The van der Waals surface area contributed by atoms with E-state index in [1.807, 2.05) is 0 Å². The highest BCUT2D eigenvalue weighted by Gasteiger charge is 2.57. The van der Waals surface area contributed by atoms with Crippen LogP contribution in [0, 0.1) is 5.92 Å². The summed E-state index contributed by atoms with van der Waals surface area (Å²) in [5, 5.41) is 10.1. The molecule has 96 valence electrons. The summed E-state index contributed by atoms with van der Waals surface area (Å²) in [6.45, 7) is 3.24. The minimum absolute atomic E-state index is 0.0894. The molecule has 0 spiro atoms. The molecule has 2 unspecified atom stereocenters. The van der Waals surface area contributed by atoms with E-state index in [-0.39, 0.29) is 5.56 Å². The summed E-state index contributed by atoms with van der Waals surface area (Å²) in [7, 11) is 0. The van der Waals surface area contributed by atoms with Crippen molar-refractivity contribution in [3.8, 4) is 0 Å². The van der Waals surface area contributed by atoms with Gasteiger partial charge in [-0.1, -0.05) is 50.6 Å². The van der Waals surface area contributed by atoms with Crippen LogP contribution < -0.4 is 0 Å². The Kier molecular flexibility index (Phi) is 4.20.